The number of nitrogens with zero attached hydrogens (tertiary/aromatic N) is 1. The second-order valence-electron chi connectivity index (χ2n) is 3.88. The van der Waals surface area contributed by atoms with Crippen molar-refractivity contribution in [3.05, 3.63) is 40.5 Å². The van der Waals surface area contributed by atoms with Crippen LogP contribution in [0.25, 0.3) is 0 Å². The summed E-state index contributed by atoms with van der Waals surface area (Å²) in [5.74, 6) is -0.447. The molecular weight excluding hydrogens is 322 g/mol. The van der Waals surface area contributed by atoms with E-state index in [0.29, 0.717) is 11.3 Å². The number of aromatic nitrogens is 1. The molecular formula is C11H10ClN3O3S2. The minimum Gasteiger partial charge on any atom is -0.369 e. The average Bonchev–Trinajstić information content (AvgIpc) is 2.78. The Balaban J connectivity index is 2.15. The number of rotatable bonds is 5. The second kappa shape index (κ2) is 5.78. The molecule has 0 aliphatic rings. The van der Waals surface area contributed by atoms with Crippen LogP contribution in [0.1, 0.15) is 5.56 Å². The van der Waals surface area contributed by atoms with Gasteiger partial charge in [0.2, 0.25) is 5.91 Å². The van der Waals surface area contributed by atoms with Gasteiger partial charge in [0, 0.05) is 5.69 Å². The summed E-state index contributed by atoms with van der Waals surface area (Å²) in [6.45, 7) is 0. The van der Waals surface area contributed by atoms with E-state index in [1.807, 2.05) is 0 Å². The minimum absolute atomic E-state index is 0.0312. The zero-order valence-corrected chi connectivity index (χ0v) is 12.4. The van der Waals surface area contributed by atoms with Crippen molar-refractivity contribution in [2.75, 3.05) is 4.72 Å². The molecule has 106 valence electrons. The first kappa shape index (κ1) is 14.8. The van der Waals surface area contributed by atoms with E-state index >= 15 is 0 Å². The molecule has 1 aromatic heterocycles. The van der Waals surface area contributed by atoms with E-state index in [9.17, 15) is 13.2 Å². The summed E-state index contributed by atoms with van der Waals surface area (Å²) in [5.41, 5.74) is 6.16. The predicted molar refractivity (Wildman–Crippen MR) is 77.3 cm³/mol. The Labute approximate surface area is 124 Å². The van der Waals surface area contributed by atoms with Crippen molar-refractivity contribution < 1.29 is 13.2 Å². The summed E-state index contributed by atoms with van der Waals surface area (Å²) in [5, 5.41) is 0. The van der Waals surface area contributed by atoms with Gasteiger partial charge in [0.1, 0.15) is 0 Å². The van der Waals surface area contributed by atoms with E-state index in [2.05, 4.69) is 9.71 Å². The monoisotopic (exact) mass is 331 g/mol. The Morgan fingerprint density at radius 2 is 2.00 bits per heavy atom. The Morgan fingerprint density at radius 3 is 2.50 bits per heavy atom. The van der Waals surface area contributed by atoms with Crippen LogP contribution in [0, 0.1) is 0 Å². The van der Waals surface area contributed by atoms with Crippen LogP contribution in [0.2, 0.25) is 4.47 Å². The van der Waals surface area contributed by atoms with Crippen molar-refractivity contribution >= 4 is 44.6 Å². The van der Waals surface area contributed by atoms with Crippen LogP contribution in [-0.2, 0) is 21.2 Å². The fourth-order valence-corrected chi connectivity index (χ4v) is 3.81. The van der Waals surface area contributed by atoms with Crippen LogP contribution in [-0.4, -0.2) is 19.3 Å². The summed E-state index contributed by atoms with van der Waals surface area (Å²) in [6, 6.07) is 6.36. The molecule has 0 saturated heterocycles. The molecule has 2 rings (SSSR count). The maximum Gasteiger partial charge on any atom is 0.273 e. The van der Waals surface area contributed by atoms with Crippen LogP contribution in [0.3, 0.4) is 0 Å². The van der Waals surface area contributed by atoms with Crippen molar-refractivity contribution in [3.8, 4) is 0 Å². The van der Waals surface area contributed by atoms with Crippen LogP contribution in [0.15, 0.2) is 34.7 Å². The van der Waals surface area contributed by atoms with E-state index in [4.69, 9.17) is 17.3 Å². The van der Waals surface area contributed by atoms with Gasteiger partial charge in [-0.05, 0) is 17.7 Å². The normalized spacial score (nSPS) is 11.2. The number of halogens is 1. The number of carbonyl (C=O) groups is 1. The molecule has 1 heterocycles. The number of sulfonamides is 1. The van der Waals surface area contributed by atoms with Crippen molar-refractivity contribution in [2.24, 2.45) is 5.73 Å². The quantitative estimate of drug-likeness (QED) is 0.869. The summed E-state index contributed by atoms with van der Waals surface area (Å²) in [4.78, 5) is 14.4. The molecule has 2 aromatic rings. The molecule has 0 saturated carbocycles. The Hall–Kier alpha value is -1.64. The number of nitrogens with two attached hydrogens (primary N) is 1. The van der Waals surface area contributed by atoms with Gasteiger partial charge < -0.3 is 5.73 Å². The largest absolute Gasteiger partial charge is 0.369 e. The predicted octanol–water partition coefficient (Wildman–Crippen LogP) is 1.63. The summed E-state index contributed by atoms with van der Waals surface area (Å²) in [6.07, 6.45) is 1.30. The summed E-state index contributed by atoms with van der Waals surface area (Å²) in [7, 11) is -3.70. The minimum atomic E-state index is -3.70. The lowest BCUT2D eigenvalue weighted by molar-refractivity contribution is -0.117. The first-order valence-electron chi connectivity index (χ1n) is 5.38. The number of primary amides is 1. The molecule has 20 heavy (non-hydrogen) atoms. The van der Waals surface area contributed by atoms with Crippen LogP contribution < -0.4 is 10.5 Å². The Morgan fingerprint density at radius 1 is 1.35 bits per heavy atom. The average molecular weight is 332 g/mol. The van der Waals surface area contributed by atoms with Gasteiger partial charge in [-0.25, -0.2) is 13.4 Å². The molecule has 1 aromatic carbocycles. The zero-order valence-electron chi connectivity index (χ0n) is 10.0. The van der Waals surface area contributed by atoms with Crippen molar-refractivity contribution in [2.45, 2.75) is 10.6 Å². The molecule has 0 unspecified atom stereocenters. The zero-order chi connectivity index (χ0) is 14.8. The third kappa shape index (κ3) is 3.69. The number of nitrogens with one attached hydrogen (secondary N) is 1. The van der Waals surface area contributed by atoms with Crippen molar-refractivity contribution in [3.63, 3.8) is 0 Å². The van der Waals surface area contributed by atoms with Crippen LogP contribution in [0.5, 0.6) is 0 Å². The van der Waals surface area contributed by atoms with Crippen LogP contribution >= 0.6 is 22.9 Å². The number of carbonyl (C=O) groups excluding carboxylic acids is 1. The second-order valence-corrected chi connectivity index (χ2v) is 7.40. The molecule has 9 heteroatoms. The highest BCUT2D eigenvalue weighted by Gasteiger charge is 2.17. The number of benzene rings is 1. The summed E-state index contributed by atoms with van der Waals surface area (Å²) >= 11 is 6.48. The Kier molecular flexibility index (Phi) is 4.26. The van der Waals surface area contributed by atoms with Crippen LogP contribution in [0.4, 0.5) is 5.69 Å². The van der Waals surface area contributed by atoms with Gasteiger partial charge in [-0.15, -0.1) is 0 Å². The molecule has 0 bridgehead atoms. The van der Waals surface area contributed by atoms with E-state index in [-0.39, 0.29) is 15.1 Å². The van der Waals surface area contributed by atoms with E-state index < -0.39 is 15.9 Å². The molecule has 0 fully saturated rings. The number of hydrogen-bond donors (Lipinski definition) is 2. The number of amides is 1. The highest BCUT2D eigenvalue weighted by Crippen LogP contribution is 2.24. The maximum absolute atomic E-state index is 12.0. The van der Waals surface area contributed by atoms with E-state index in [0.717, 1.165) is 11.3 Å². The van der Waals surface area contributed by atoms with Gasteiger partial charge in [-0.3, -0.25) is 9.52 Å². The first-order chi connectivity index (χ1) is 9.37. The number of thiazole rings is 1. The van der Waals surface area contributed by atoms with Gasteiger partial charge in [0.15, 0.2) is 8.68 Å². The third-order valence-corrected chi connectivity index (χ3v) is 5.26. The van der Waals surface area contributed by atoms with Gasteiger partial charge in [0.25, 0.3) is 10.0 Å². The van der Waals surface area contributed by atoms with E-state index in [1.54, 1.807) is 24.3 Å². The molecule has 0 radical (unpaired) electrons. The number of anilines is 1. The highest BCUT2D eigenvalue weighted by atomic mass is 35.5. The SMILES string of the molecule is NC(=O)Cc1ccc(NS(=O)(=O)c2cnc(Cl)s2)cc1. The third-order valence-electron chi connectivity index (χ3n) is 2.31. The summed E-state index contributed by atoms with van der Waals surface area (Å²) < 4.78 is 26.6. The molecule has 0 atom stereocenters. The number of hydrogen-bond acceptors (Lipinski definition) is 5. The molecule has 0 aliphatic heterocycles. The fourth-order valence-electron chi connectivity index (χ4n) is 1.46. The van der Waals surface area contributed by atoms with Crippen molar-refractivity contribution in [1.82, 2.24) is 4.98 Å². The molecule has 6 nitrogen and oxygen atoms in total. The molecule has 1 amide bonds. The lowest BCUT2D eigenvalue weighted by atomic mass is 10.1. The van der Waals surface area contributed by atoms with Gasteiger partial charge in [-0.1, -0.05) is 35.1 Å². The van der Waals surface area contributed by atoms with Gasteiger partial charge >= 0.3 is 0 Å². The smallest absolute Gasteiger partial charge is 0.273 e. The lowest BCUT2D eigenvalue weighted by Crippen LogP contribution is -2.14. The van der Waals surface area contributed by atoms with Crippen molar-refractivity contribution in [1.29, 1.82) is 0 Å². The highest BCUT2D eigenvalue weighted by molar-refractivity contribution is 7.94. The Bertz CT molecular complexity index is 726. The standard InChI is InChI=1S/C11H10ClN3O3S2/c12-11-14-6-10(19-11)20(17,18)15-8-3-1-7(2-4-8)5-9(13)16/h1-4,6,15H,5H2,(H2,13,16). The first-order valence-corrected chi connectivity index (χ1v) is 8.06. The lowest BCUT2D eigenvalue weighted by Gasteiger charge is -2.06. The maximum atomic E-state index is 12.0. The van der Waals surface area contributed by atoms with Gasteiger partial charge in [-0.2, -0.15) is 0 Å². The van der Waals surface area contributed by atoms with Gasteiger partial charge in [0.05, 0.1) is 12.6 Å². The molecule has 0 spiro atoms. The molecule has 0 aliphatic carbocycles. The molecule has 3 N–H and O–H groups in total. The van der Waals surface area contributed by atoms with E-state index in [1.165, 1.54) is 6.20 Å². The topological polar surface area (TPSA) is 102 Å². The fraction of sp³-hybridized carbons (Fsp3) is 0.0909.